The van der Waals surface area contributed by atoms with Crippen LogP contribution in [0.15, 0.2) is 0 Å². The summed E-state index contributed by atoms with van der Waals surface area (Å²) in [5.74, 6) is 2.20. The second kappa shape index (κ2) is 7.13. The van der Waals surface area contributed by atoms with E-state index in [1.165, 1.54) is 25.7 Å². The van der Waals surface area contributed by atoms with Crippen molar-refractivity contribution in [2.75, 3.05) is 0 Å². The zero-order chi connectivity index (χ0) is 15.6. The van der Waals surface area contributed by atoms with Crippen molar-refractivity contribution in [1.82, 2.24) is 10.2 Å². The third-order valence-corrected chi connectivity index (χ3v) is 5.11. The maximum Gasteiger partial charge on any atom is 0.241 e. The van der Waals surface area contributed by atoms with E-state index in [9.17, 15) is 4.79 Å². The lowest BCUT2D eigenvalue weighted by molar-refractivity contribution is -0.134. The molecule has 1 saturated heterocycles. The number of nitrogens with zero attached hydrogens (tertiary/aromatic N) is 1. The number of carbonyl (C=O) groups is 1. The van der Waals surface area contributed by atoms with E-state index in [-0.39, 0.29) is 12.2 Å². The monoisotopic (exact) mass is 294 g/mol. The normalized spacial score (nSPS) is 34.2. The van der Waals surface area contributed by atoms with Crippen LogP contribution in [0.2, 0.25) is 0 Å². The number of hydrogen-bond acceptors (Lipinski definition) is 2. The summed E-state index contributed by atoms with van der Waals surface area (Å²) < 4.78 is 0. The van der Waals surface area contributed by atoms with Crippen LogP contribution < -0.4 is 5.32 Å². The third-order valence-electron chi connectivity index (χ3n) is 5.11. The summed E-state index contributed by atoms with van der Waals surface area (Å²) in [4.78, 5) is 15.2. The smallest absolute Gasteiger partial charge is 0.241 e. The van der Waals surface area contributed by atoms with Gasteiger partial charge in [0.1, 0.15) is 0 Å². The minimum atomic E-state index is 0.0443. The molecule has 4 atom stereocenters. The molecule has 21 heavy (non-hydrogen) atoms. The van der Waals surface area contributed by atoms with Gasteiger partial charge in [-0.25, -0.2) is 0 Å². The Labute approximate surface area is 130 Å². The molecule has 3 nitrogen and oxygen atoms in total. The maximum absolute atomic E-state index is 12.9. The summed E-state index contributed by atoms with van der Waals surface area (Å²) in [5, 5.41) is 3.65. The fourth-order valence-corrected chi connectivity index (χ4v) is 4.09. The highest BCUT2D eigenvalue weighted by Gasteiger charge is 2.44. The Kier molecular flexibility index (Phi) is 5.70. The molecule has 4 unspecified atom stereocenters. The molecule has 2 rings (SSSR count). The molecule has 2 aliphatic rings. The molecule has 2 fully saturated rings. The van der Waals surface area contributed by atoms with Crippen molar-refractivity contribution >= 4 is 5.91 Å². The summed E-state index contributed by atoms with van der Waals surface area (Å²) in [7, 11) is 0. The van der Waals surface area contributed by atoms with Gasteiger partial charge in [-0.15, -0.1) is 0 Å². The van der Waals surface area contributed by atoms with Crippen LogP contribution >= 0.6 is 0 Å². The van der Waals surface area contributed by atoms with Gasteiger partial charge in [-0.3, -0.25) is 10.1 Å². The predicted octanol–water partition coefficient (Wildman–Crippen LogP) is 3.78. The highest BCUT2D eigenvalue weighted by atomic mass is 16.2. The molecule has 0 spiro atoms. The van der Waals surface area contributed by atoms with Crippen LogP contribution in [-0.4, -0.2) is 29.1 Å². The molecule has 1 N–H and O–H groups in total. The van der Waals surface area contributed by atoms with Gasteiger partial charge in [-0.2, -0.15) is 0 Å². The summed E-state index contributed by atoms with van der Waals surface area (Å²) in [6, 6.07) is 0.502. The Hall–Kier alpha value is -0.570. The summed E-state index contributed by atoms with van der Waals surface area (Å²) in [6.07, 6.45) is 7.37. The van der Waals surface area contributed by atoms with Gasteiger partial charge in [-0.1, -0.05) is 47.5 Å². The van der Waals surface area contributed by atoms with Gasteiger partial charge in [0.25, 0.3) is 0 Å². The first-order chi connectivity index (χ1) is 9.90. The Balaban J connectivity index is 2.14. The molecule has 0 aromatic carbocycles. The highest BCUT2D eigenvalue weighted by molar-refractivity contribution is 5.84. The summed E-state index contributed by atoms with van der Waals surface area (Å²) in [5.41, 5.74) is 0. The molecule has 1 heterocycles. The Morgan fingerprint density at radius 1 is 1.10 bits per heavy atom. The molecule has 122 valence electrons. The van der Waals surface area contributed by atoms with E-state index in [0.717, 1.165) is 12.8 Å². The molecule has 1 aliphatic heterocycles. The fourth-order valence-electron chi connectivity index (χ4n) is 4.09. The van der Waals surface area contributed by atoms with Gasteiger partial charge in [0.15, 0.2) is 0 Å². The average molecular weight is 294 g/mol. The fraction of sp³-hybridized carbons (Fsp3) is 0.944. The Morgan fingerprint density at radius 3 is 2.29 bits per heavy atom. The molecule has 1 aliphatic carbocycles. The summed E-state index contributed by atoms with van der Waals surface area (Å²) in [6.45, 7) is 11.3. The van der Waals surface area contributed by atoms with Gasteiger partial charge in [0, 0.05) is 6.04 Å². The summed E-state index contributed by atoms with van der Waals surface area (Å²) >= 11 is 0. The van der Waals surface area contributed by atoms with Crippen LogP contribution in [0, 0.1) is 17.8 Å². The van der Waals surface area contributed by atoms with Crippen LogP contribution in [0.4, 0.5) is 0 Å². The third kappa shape index (κ3) is 4.00. The Morgan fingerprint density at radius 2 is 1.71 bits per heavy atom. The van der Waals surface area contributed by atoms with E-state index in [2.05, 4.69) is 44.8 Å². The second-order valence-corrected chi connectivity index (χ2v) is 8.07. The number of hydrogen-bond donors (Lipinski definition) is 1. The number of amides is 1. The number of rotatable bonds is 5. The van der Waals surface area contributed by atoms with Crippen LogP contribution in [0.5, 0.6) is 0 Å². The first-order valence-corrected chi connectivity index (χ1v) is 8.98. The number of nitrogens with one attached hydrogen (secondary N) is 1. The van der Waals surface area contributed by atoms with Crippen molar-refractivity contribution in [1.29, 1.82) is 0 Å². The molecule has 0 bridgehead atoms. The standard InChI is InChI=1S/C18H34N2O/c1-12(2)10-15-18(21)20(17(19-15)11-13(3)4)16-9-7-6-8-14(16)5/h12-17,19H,6-11H2,1-5H3. The van der Waals surface area contributed by atoms with Crippen molar-refractivity contribution in [3.8, 4) is 0 Å². The van der Waals surface area contributed by atoms with Crippen LogP contribution in [0.1, 0.15) is 73.1 Å². The predicted molar refractivity (Wildman–Crippen MR) is 87.9 cm³/mol. The first kappa shape index (κ1) is 16.8. The van der Waals surface area contributed by atoms with Gasteiger partial charge < -0.3 is 4.90 Å². The second-order valence-electron chi connectivity index (χ2n) is 8.07. The van der Waals surface area contributed by atoms with Crippen LogP contribution in [0.3, 0.4) is 0 Å². The minimum Gasteiger partial charge on any atom is -0.323 e. The van der Waals surface area contributed by atoms with Crippen molar-refractivity contribution in [3.05, 3.63) is 0 Å². The first-order valence-electron chi connectivity index (χ1n) is 8.98. The van der Waals surface area contributed by atoms with Gasteiger partial charge in [0.2, 0.25) is 5.91 Å². The van der Waals surface area contributed by atoms with Crippen molar-refractivity contribution in [2.45, 2.75) is 91.4 Å². The van der Waals surface area contributed by atoms with Crippen LogP contribution in [-0.2, 0) is 4.79 Å². The van der Waals surface area contributed by atoms with Crippen molar-refractivity contribution in [2.24, 2.45) is 17.8 Å². The van der Waals surface area contributed by atoms with Crippen molar-refractivity contribution in [3.63, 3.8) is 0 Å². The van der Waals surface area contributed by atoms with Crippen molar-refractivity contribution < 1.29 is 4.79 Å². The zero-order valence-electron chi connectivity index (χ0n) is 14.6. The molecule has 0 aromatic rings. The lowest BCUT2D eigenvalue weighted by atomic mass is 9.84. The lowest BCUT2D eigenvalue weighted by Gasteiger charge is -2.39. The maximum atomic E-state index is 12.9. The quantitative estimate of drug-likeness (QED) is 0.837. The minimum absolute atomic E-state index is 0.0443. The topological polar surface area (TPSA) is 32.3 Å². The van der Waals surface area contributed by atoms with E-state index >= 15 is 0 Å². The largest absolute Gasteiger partial charge is 0.323 e. The zero-order valence-corrected chi connectivity index (χ0v) is 14.6. The molecular formula is C18H34N2O. The highest BCUT2D eigenvalue weighted by Crippen LogP contribution is 2.33. The SMILES string of the molecule is CC(C)CC1NC(CC(C)C)N(C2CCCCC2C)C1=O. The number of carbonyl (C=O) groups excluding carboxylic acids is 1. The molecule has 0 radical (unpaired) electrons. The average Bonchev–Trinajstić information content (AvgIpc) is 2.65. The van der Waals surface area contributed by atoms with Gasteiger partial charge >= 0.3 is 0 Å². The molecule has 0 aromatic heterocycles. The van der Waals surface area contributed by atoms with Gasteiger partial charge in [-0.05, 0) is 43.4 Å². The van der Waals surface area contributed by atoms with E-state index in [1.807, 2.05) is 0 Å². The van der Waals surface area contributed by atoms with E-state index < -0.39 is 0 Å². The van der Waals surface area contributed by atoms with Crippen LogP contribution in [0.25, 0.3) is 0 Å². The van der Waals surface area contributed by atoms with E-state index in [0.29, 0.717) is 29.7 Å². The van der Waals surface area contributed by atoms with E-state index in [4.69, 9.17) is 0 Å². The molecular weight excluding hydrogens is 260 g/mol. The lowest BCUT2D eigenvalue weighted by Crippen LogP contribution is -2.49. The molecule has 3 heteroatoms. The molecule has 1 saturated carbocycles. The van der Waals surface area contributed by atoms with E-state index in [1.54, 1.807) is 0 Å². The Bertz CT molecular complexity index is 353. The molecule has 1 amide bonds. The van der Waals surface area contributed by atoms with Gasteiger partial charge in [0.05, 0.1) is 12.2 Å².